The summed E-state index contributed by atoms with van der Waals surface area (Å²) in [6.45, 7) is 4.29. The number of nitrogens with one attached hydrogen (secondary N) is 2. The average molecular weight is 618 g/mol. The predicted octanol–water partition coefficient (Wildman–Crippen LogP) is 4.94. The van der Waals surface area contributed by atoms with Crippen molar-refractivity contribution in [1.82, 2.24) is 20.6 Å². The second-order valence-corrected chi connectivity index (χ2v) is 9.66. The number of rotatable bonds is 12. The molecule has 1 aliphatic heterocycles. The first kappa shape index (κ1) is 32.3. The molecule has 0 saturated carbocycles. The Balaban J connectivity index is 2.06. The maximum atomic E-state index is 13.1. The van der Waals surface area contributed by atoms with E-state index in [0.29, 0.717) is 5.56 Å². The van der Waals surface area contributed by atoms with E-state index in [1.165, 1.54) is 32.6 Å². The molecule has 0 bridgehead atoms. The molecule has 1 aromatic heterocycles. The van der Waals surface area contributed by atoms with E-state index in [1.807, 2.05) is 0 Å². The van der Waals surface area contributed by atoms with Gasteiger partial charge in [-0.15, -0.1) is 0 Å². The number of halogens is 5. The summed E-state index contributed by atoms with van der Waals surface area (Å²) in [5.74, 6) is 0.0997. The lowest BCUT2D eigenvalue weighted by atomic mass is 10.0. The van der Waals surface area contributed by atoms with Gasteiger partial charge in [0.15, 0.2) is 0 Å². The minimum atomic E-state index is -4.46. The zero-order chi connectivity index (χ0) is 30.3. The van der Waals surface area contributed by atoms with Crippen molar-refractivity contribution in [2.24, 2.45) is 5.73 Å². The summed E-state index contributed by atoms with van der Waals surface area (Å²) in [4.78, 5) is 20.6. The maximum absolute atomic E-state index is 13.1. The van der Waals surface area contributed by atoms with Crippen LogP contribution in [0.4, 0.5) is 19.1 Å². The lowest BCUT2D eigenvalue weighted by molar-refractivity contribution is -0.126. The van der Waals surface area contributed by atoms with Gasteiger partial charge in [0, 0.05) is 35.4 Å². The van der Waals surface area contributed by atoms with Crippen LogP contribution in [0.3, 0.4) is 0 Å². The average Bonchev–Trinajstić information content (AvgIpc) is 3.35. The Kier molecular flexibility index (Phi) is 11.1. The standard InChI is InChI=1S/C26H31Cl2F3N6O4/c1-5-15(34-12-26(29,30)31)24-13(7-14(32)21-22(27)18(39-3)8-19(40-4)23(21)28)9-33-25(37-24)36-17-11-41-10-16(17)35-20(38)6-2/h6-9,15-17,34H,2,5,10-12,32H2,1,3-4H3,(H2,33,35,36,37,38)/p-1/b14-7-. The number of hydrogen-bond donors (Lipinski definition) is 3. The van der Waals surface area contributed by atoms with Gasteiger partial charge in [-0.2, -0.15) is 13.2 Å². The van der Waals surface area contributed by atoms with E-state index in [9.17, 15) is 18.0 Å². The molecule has 1 amide bonds. The Hall–Kier alpha value is -3.26. The van der Waals surface area contributed by atoms with Crippen LogP contribution in [0.25, 0.3) is 17.1 Å². The van der Waals surface area contributed by atoms with E-state index in [4.69, 9.17) is 43.1 Å². The highest BCUT2D eigenvalue weighted by atomic mass is 35.5. The molecule has 0 radical (unpaired) electrons. The number of carbonyl (C=O) groups excluding carboxylic acids is 1. The summed E-state index contributed by atoms with van der Waals surface area (Å²) in [6, 6.07) is -0.337. The number of amides is 1. The molecule has 3 rings (SSSR count). The first-order valence-electron chi connectivity index (χ1n) is 12.4. The van der Waals surface area contributed by atoms with E-state index < -0.39 is 36.8 Å². The molecule has 3 unspecified atom stereocenters. The Morgan fingerprint density at radius 3 is 2.51 bits per heavy atom. The molecule has 1 aliphatic rings. The van der Waals surface area contributed by atoms with Gasteiger partial charge < -0.3 is 45.9 Å². The van der Waals surface area contributed by atoms with Gasteiger partial charge in [0.25, 0.3) is 0 Å². The molecular weight excluding hydrogens is 588 g/mol. The number of alkyl halides is 3. The second kappa shape index (κ2) is 14.1. The van der Waals surface area contributed by atoms with Crippen molar-refractivity contribution in [3.05, 3.63) is 57.1 Å². The van der Waals surface area contributed by atoms with Gasteiger partial charge >= 0.3 is 6.18 Å². The molecule has 3 atom stereocenters. The number of aromatic nitrogens is 2. The molecule has 41 heavy (non-hydrogen) atoms. The number of nitrogens with zero attached hydrogens (tertiary/aromatic N) is 3. The third-order valence-corrected chi connectivity index (χ3v) is 6.89. The van der Waals surface area contributed by atoms with Crippen molar-refractivity contribution in [3.63, 3.8) is 0 Å². The summed E-state index contributed by atoms with van der Waals surface area (Å²) in [5, 5.41) is 9.93. The number of nitrogens with two attached hydrogens (primary N) is 1. The number of benzene rings is 1. The Morgan fingerprint density at radius 2 is 1.95 bits per heavy atom. The number of methoxy groups -OCH3 is 2. The molecular formula is C26H30Cl2F3N6O4-. The highest BCUT2D eigenvalue weighted by Gasteiger charge is 2.30. The van der Waals surface area contributed by atoms with Crippen molar-refractivity contribution < 1.29 is 32.2 Å². The van der Waals surface area contributed by atoms with Crippen LogP contribution in [0.2, 0.25) is 10.0 Å². The topological polar surface area (TPSA) is 135 Å². The van der Waals surface area contributed by atoms with E-state index >= 15 is 0 Å². The molecule has 10 nitrogen and oxygen atoms in total. The zero-order valence-corrected chi connectivity index (χ0v) is 24.0. The Bertz CT molecular complexity index is 1270. The summed E-state index contributed by atoms with van der Waals surface area (Å²) in [5.41, 5.74) is 7.19. The van der Waals surface area contributed by atoms with Crippen LogP contribution < -0.4 is 25.8 Å². The van der Waals surface area contributed by atoms with Gasteiger partial charge in [-0.3, -0.25) is 4.79 Å². The first-order valence-corrected chi connectivity index (χ1v) is 13.1. The maximum Gasteiger partial charge on any atom is 0.401 e. The normalized spacial score (nSPS) is 18.1. The SMILES string of the molecule is C=CC(=O)NC1COCC1[N-]c1ncc(/C=C(\N)c2c(Cl)c(OC)cc(OC)c2Cl)c(C(CC)NCC(F)(F)F)n1. The third kappa shape index (κ3) is 8.15. The third-order valence-electron chi connectivity index (χ3n) is 6.14. The zero-order valence-electron chi connectivity index (χ0n) is 22.5. The quantitative estimate of drug-likeness (QED) is 0.285. The molecule has 0 spiro atoms. The number of carbonyl (C=O) groups is 1. The molecule has 2 aromatic rings. The van der Waals surface area contributed by atoms with E-state index in [1.54, 1.807) is 6.92 Å². The van der Waals surface area contributed by atoms with Crippen LogP contribution in [-0.2, 0) is 9.53 Å². The summed E-state index contributed by atoms with van der Waals surface area (Å²) < 4.78 is 55.3. The summed E-state index contributed by atoms with van der Waals surface area (Å²) >= 11 is 13.0. The fourth-order valence-electron chi connectivity index (χ4n) is 4.10. The Labute approximate surface area is 245 Å². The lowest BCUT2D eigenvalue weighted by Crippen LogP contribution is -2.41. The fourth-order valence-corrected chi connectivity index (χ4v) is 4.82. The van der Waals surface area contributed by atoms with Crippen molar-refractivity contribution in [1.29, 1.82) is 0 Å². The molecule has 0 aliphatic carbocycles. The van der Waals surface area contributed by atoms with Crippen molar-refractivity contribution in [3.8, 4) is 11.5 Å². The molecule has 224 valence electrons. The fraction of sp³-hybridized carbons (Fsp3) is 0.423. The summed E-state index contributed by atoms with van der Waals surface area (Å²) in [7, 11) is 2.82. The van der Waals surface area contributed by atoms with Gasteiger partial charge in [0.1, 0.15) is 11.5 Å². The van der Waals surface area contributed by atoms with Crippen molar-refractivity contribution in [2.45, 2.75) is 37.6 Å². The van der Waals surface area contributed by atoms with E-state index in [-0.39, 0.29) is 64.1 Å². The number of hydrogen-bond acceptors (Lipinski definition) is 8. The highest BCUT2D eigenvalue weighted by molar-refractivity contribution is 6.39. The summed E-state index contributed by atoms with van der Waals surface area (Å²) in [6.07, 6.45) is -0.248. The molecule has 2 heterocycles. The largest absolute Gasteiger partial charge is 0.495 e. The van der Waals surface area contributed by atoms with Gasteiger partial charge in [-0.25, -0.2) is 0 Å². The van der Waals surface area contributed by atoms with Crippen LogP contribution in [0.1, 0.15) is 36.2 Å². The molecule has 1 fully saturated rings. The van der Waals surface area contributed by atoms with Crippen LogP contribution in [0.5, 0.6) is 11.5 Å². The molecule has 4 N–H and O–H groups in total. The van der Waals surface area contributed by atoms with Crippen LogP contribution in [0, 0.1) is 0 Å². The Morgan fingerprint density at radius 1 is 1.29 bits per heavy atom. The molecule has 1 saturated heterocycles. The minimum absolute atomic E-state index is 0.00422. The molecule has 1 aromatic carbocycles. The van der Waals surface area contributed by atoms with Gasteiger partial charge in [-0.1, -0.05) is 36.7 Å². The molecule has 15 heteroatoms. The van der Waals surface area contributed by atoms with Crippen molar-refractivity contribution >= 4 is 46.8 Å². The minimum Gasteiger partial charge on any atom is -0.495 e. The van der Waals surface area contributed by atoms with Gasteiger partial charge in [0.05, 0.1) is 50.1 Å². The van der Waals surface area contributed by atoms with Crippen LogP contribution in [-0.4, -0.2) is 68.1 Å². The predicted molar refractivity (Wildman–Crippen MR) is 150 cm³/mol. The van der Waals surface area contributed by atoms with Crippen LogP contribution in [0.15, 0.2) is 24.9 Å². The lowest BCUT2D eigenvalue weighted by Gasteiger charge is -2.28. The van der Waals surface area contributed by atoms with E-state index in [2.05, 4.69) is 32.5 Å². The monoisotopic (exact) mass is 617 g/mol. The number of ether oxygens (including phenoxy) is 3. The highest BCUT2D eigenvalue weighted by Crippen LogP contribution is 2.43. The smallest absolute Gasteiger partial charge is 0.401 e. The van der Waals surface area contributed by atoms with Gasteiger partial charge in [-0.05, 0) is 36.0 Å². The second-order valence-electron chi connectivity index (χ2n) is 8.90. The first-order chi connectivity index (χ1) is 19.4. The van der Waals surface area contributed by atoms with Crippen LogP contribution >= 0.6 is 23.2 Å². The van der Waals surface area contributed by atoms with E-state index in [0.717, 1.165) is 6.08 Å². The van der Waals surface area contributed by atoms with Gasteiger partial charge in [0.2, 0.25) is 5.91 Å². The van der Waals surface area contributed by atoms with Crippen molar-refractivity contribution in [2.75, 3.05) is 34.0 Å².